The zero-order chi connectivity index (χ0) is 25.7. The molecule has 4 rings (SSSR count). The van der Waals surface area contributed by atoms with Gasteiger partial charge in [0.2, 0.25) is 5.91 Å². The molecular formula is C23H16F5N5O2. The zero-order valence-electron chi connectivity index (χ0n) is 18.0. The van der Waals surface area contributed by atoms with Gasteiger partial charge in [0.15, 0.2) is 17.3 Å². The third-order valence-corrected chi connectivity index (χ3v) is 5.41. The van der Waals surface area contributed by atoms with Gasteiger partial charge in [-0.2, -0.15) is 18.3 Å². The van der Waals surface area contributed by atoms with Crippen molar-refractivity contribution < 1.29 is 31.5 Å². The molecule has 4 N–H and O–H groups in total. The van der Waals surface area contributed by atoms with Crippen molar-refractivity contribution in [1.29, 1.82) is 0 Å². The molecule has 0 fully saturated rings. The van der Waals surface area contributed by atoms with Crippen LogP contribution in [0.4, 0.5) is 22.0 Å². The fourth-order valence-electron chi connectivity index (χ4n) is 3.90. The predicted molar refractivity (Wildman–Crippen MR) is 115 cm³/mol. The average Bonchev–Trinajstić information content (AvgIpc) is 3.10. The van der Waals surface area contributed by atoms with E-state index < -0.39 is 52.1 Å². The maximum atomic E-state index is 14.1. The monoisotopic (exact) mass is 489 g/mol. The van der Waals surface area contributed by atoms with Gasteiger partial charge in [-0.15, -0.1) is 0 Å². The summed E-state index contributed by atoms with van der Waals surface area (Å²) in [5, 5.41) is 3.74. The molecule has 0 bridgehead atoms. The first kappa shape index (κ1) is 23.8. The number of primary amides is 2. The third-order valence-electron chi connectivity index (χ3n) is 5.41. The highest BCUT2D eigenvalue weighted by atomic mass is 19.4. The number of carbonyl (C=O) groups excluding carboxylic acids is 2. The number of alkyl halides is 3. The van der Waals surface area contributed by atoms with E-state index in [0.717, 1.165) is 16.8 Å². The standard InChI is InChI=1S/C23H16F5N5O2/c1-10-16(18-17(21(29)34)12-4-2-3-5-15(12)31-19(18)22(30)35)20(23(26,27)28)32-33(10)9-11-6-7-13(24)14(25)8-11/h2-8H,9H2,1H3,(H2,29,34)(H2,30,35). The number of benzene rings is 2. The Morgan fingerprint density at radius 1 is 0.971 bits per heavy atom. The van der Waals surface area contributed by atoms with Crippen LogP contribution in [0.3, 0.4) is 0 Å². The van der Waals surface area contributed by atoms with Crippen molar-refractivity contribution in [1.82, 2.24) is 14.8 Å². The van der Waals surface area contributed by atoms with Crippen LogP contribution in [-0.4, -0.2) is 26.6 Å². The van der Waals surface area contributed by atoms with E-state index in [4.69, 9.17) is 11.5 Å². The number of nitrogens with two attached hydrogens (primary N) is 2. The van der Waals surface area contributed by atoms with Gasteiger partial charge in [-0.1, -0.05) is 24.3 Å². The molecule has 0 saturated heterocycles. The first-order valence-corrected chi connectivity index (χ1v) is 10.0. The lowest BCUT2D eigenvalue weighted by Crippen LogP contribution is -2.21. The number of nitrogens with zero attached hydrogens (tertiary/aromatic N) is 3. The molecule has 2 heterocycles. The summed E-state index contributed by atoms with van der Waals surface area (Å²) in [5.41, 5.74) is 7.56. The summed E-state index contributed by atoms with van der Waals surface area (Å²) in [7, 11) is 0. The van der Waals surface area contributed by atoms with Crippen LogP contribution >= 0.6 is 0 Å². The number of hydrogen-bond donors (Lipinski definition) is 2. The molecule has 2 amide bonds. The van der Waals surface area contributed by atoms with Crippen LogP contribution in [0.25, 0.3) is 22.0 Å². The van der Waals surface area contributed by atoms with Gasteiger partial charge in [-0.25, -0.2) is 13.8 Å². The summed E-state index contributed by atoms with van der Waals surface area (Å²) in [6, 6.07) is 8.79. The van der Waals surface area contributed by atoms with Gasteiger partial charge in [0.25, 0.3) is 5.91 Å². The fourth-order valence-corrected chi connectivity index (χ4v) is 3.90. The number of aromatic nitrogens is 3. The first-order valence-electron chi connectivity index (χ1n) is 10.0. The van der Waals surface area contributed by atoms with E-state index in [-0.39, 0.29) is 34.3 Å². The molecule has 0 radical (unpaired) electrons. The Kier molecular flexibility index (Phi) is 5.75. The number of para-hydroxylation sites is 1. The predicted octanol–water partition coefficient (Wildman–Crippen LogP) is 3.95. The fraction of sp³-hybridized carbons (Fsp3) is 0.130. The Morgan fingerprint density at radius 2 is 1.66 bits per heavy atom. The molecule has 0 aliphatic carbocycles. The van der Waals surface area contributed by atoms with Crippen molar-refractivity contribution >= 4 is 22.7 Å². The van der Waals surface area contributed by atoms with Crippen LogP contribution in [-0.2, 0) is 12.7 Å². The van der Waals surface area contributed by atoms with Gasteiger partial charge in [0, 0.05) is 22.2 Å². The summed E-state index contributed by atoms with van der Waals surface area (Å²) in [6.45, 7) is 0.896. The van der Waals surface area contributed by atoms with Gasteiger partial charge in [0.05, 0.1) is 17.6 Å². The van der Waals surface area contributed by atoms with Crippen LogP contribution in [0.1, 0.15) is 37.8 Å². The van der Waals surface area contributed by atoms with Crippen molar-refractivity contribution in [2.75, 3.05) is 0 Å². The Labute approximate surface area is 194 Å². The smallest absolute Gasteiger partial charge is 0.366 e. The van der Waals surface area contributed by atoms with Gasteiger partial charge in [-0.05, 0) is 30.7 Å². The molecule has 12 heteroatoms. The largest absolute Gasteiger partial charge is 0.435 e. The molecule has 0 atom stereocenters. The van der Waals surface area contributed by atoms with Gasteiger partial charge >= 0.3 is 6.18 Å². The van der Waals surface area contributed by atoms with Crippen LogP contribution in [0.2, 0.25) is 0 Å². The van der Waals surface area contributed by atoms with Gasteiger partial charge < -0.3 is 11.5 Å². The number of fused-ring (bicyclic) bond motifs is 1. The van der Waals surface area contributed by atoms with Crippen LogP contribution in [0.5, 0.6) is 0 Å². The van der Waals surface area contributed by atoms with E-state index >= 15 is 0 Å². The van der Waals surface area contributed by atoms with Gasteiger partial charge in [0.1, 0.15) is 5.69 Å². The van der Waals surface area contributed by atoms with Gasteiger partial charge in [-0.3, -0.25) is 14.3 Å². The second-order valence-electron chi connectivity index (χ2n) is 7.67. The van der Waals surface area contributed by atoms with Crippen molar-refractivity contribution in [3.05, 3.63) is 82.3 Å². The number of amides is 2. The Hall–Kier alpha value is -4.35. The number of hydrogen-bond acceptors (Lipinski definition) is 4. The van der Waals surface area contributed by atoms with E-state index in [2.05, 4.69) is 10.1 Å². The van der Waals surface area contributed by atoms with Crippen molar-refractivity contribution in [2.45, 2.75) is 19.6 Å². The minimum atomic E-state index is -5.03. The normalized spacial score (nSPS) is 11.7. The Morgan fingerprint density at radius 3 is 2.26 bits per heavy atom. The van der Waals surface area contributed by atoms with Crippen LogP contribution in [0.15, 0.2) is 42.5 Å². The Balaban J connectivity index is 2.08. The van der Waals surface area contributed by atoms with E-state index in [1.165, 1.54) is 31.2 Å². The summed E-state index contributed by atoms with van der Waals surface area (Å²) in [5.74, 6) is -4.60. The minimum absolute atomic E-state index is 0.112. The molecule has 0 aliphatic heterocycles. The second kappa shape index (κ2) is 8.46. The first-order chi connectivity index (χ1) is 16.4. The molecular weight excluding hydrogens is 473 g/mol. The van der Waals surface area contributed by atoms with Crippen LogP contribution < -0.4 is 11.5 Å². The molecule has 0 saturated carbocycles. The topological polar surface area (TPSA) is 117 Å². The molecule has 0 aliphatic rings. The zero-order valence-corrected chi connectivity index (χ0v) is 18.0. The van der Waals surface area contributed by atoms with Crippen molar-refractivity contribution in [3.63, 3.8) is 0 Å². The number of pyridine rings is 1. The second-order valence-corrected chi connectivity index (χ2v) is 7.67. The number of carbonyl (C=O) groups is 2. The highest BCUT2D eigenvalue weighted by Crippen LogP contribution is 2.42. The molecule has 2 aromatic carbocycles. The maximum Gasteiger partial charge on any atom is 0.435 e. The van der Waals surface area contributed by atoms with E-state index in [1.54, 1.807) is 6.07 Å². The molecule has 2 aromatic heterocycles. The summed E-state index contributed by atoms with van der Waals surface area (Å²) in [6.07, 6.45) is -5.03. The van der Waals surface area contributed by atoms with E-state index in [9.17, 15) is 31.5 Å². The maximum absolute atomic E-state index is 14.1. The third kappa shape index (κ3) is 4.18. The summed E-state index contributed by atoms with van der Waals surface area (Å²) < 4.78 is 70.2. The number of halogens is 5. The molecule has 0 spiro atoms. The number of rotatable bonds is 5. The van der Waals surface area contributed by atoms with Crippen molar-refractivity contribution in [2.24, 2.45) is 11.5 Å². The lowest BCUT2D eigenvalue weighted by molar-refractivity contribution is -0.141. The molecule has 4 aromatic rings. The summed E-state index contributed by atoms with van der Waals surface area (Å²) >= 11 is 0. The molecule has 180 valence electrons. The minimum Gasteiger partial charge on any atom is -0.366 e. The van der Waals surface area contributed by atoms with E-state index in [0.29, 0.717) is 0 Å². The molecule has 0 unspecified atom stereocenters. The SMILES string of the molecule is Cc1c(-c2c(C(N)=O)nc3ccccc3c2C(N)=O)c(C(F)(F)F)nn1Cc1ccc(F)c(F)c1. The molecule has 35 heavy (non-hydrogen) atoms. The van der Waals surface area contributed by atoms with Crippen LogP contribution in [0, 0.1) is 18.6 Å². The quantitative estimate of drug-likeness (QED) is 0.413. The highest BCUT2D eigenvalue weighted by molar-refractivity contribution is 6.15. The van der Waals surface area contributed by atoms with E-state index in [1.807, 2.05) is 0 Å². The summed E-state index contributed by atoms with van der Waals surface area (Å²) in [4.78, 5) is 28.9. The average molecular weight is 489 g/mol. The van der Waals surface area contributed by atoms with Crippen molar-refractivity contribution in [3.8, 4) is 11.1 Å². The lowest BCUT2D eigenvalue weighted by atomic mass is 9.92. The Bertz CT molecular complexity index is 1510. The lowest BCUT2D eigenvalue weighted by Gasteiger charge is -2.16. The molecule has 7 nitrogen and oxygen atoms in total. The highest BCUT2D eigenvalue weighted by Gasteiger charge is 2.41.